The Labute approximate surface area is 161 Å². The van der Waals surface area contributed by atoms with Gasteiger partial charge in [0.1, 0.15) is 5.82 Å². The molecule has 27 heavy (non-hydrogen) atoms. The maximum atomic E-state index is 13.9. The van der Waals surface area contributed by atoms with Crippen molar-refractivity contribution in [2.24, 2.45) is 0 Å². The summed E-state index contributed by atoms with van der Waals surface area (Å²) in [6, 6.07) is 16.2. The number of aromatic nitrogens is 2. The Morgan fingerprint density at radius 3 is 2.89 bits per heavy atom. The van der Waals surface area contributed by atoms with Gasteiger partial charge in [-0.3, -0.25) is 10.00 Å². The Kier molecular flexibility index (Phi) is 5.11. The first-order chi connectivity index (χ1) is 13.2. The molecule has 0 fully saturated rings. The van der Waals surface area contributed by atoms with Crippen molar-refractivity contribution in [2.45, 2.75) is 23.9 Å². The minimum atomic E-state index is -0.341. The Balaban J connectivity index is 1.39. The number of carbonyl (C=O) groups is 1. The first-order valence-electron chi connectivity index (χ1n) is 8.75. The molecule has 1 atom stereocenters. The average Bonchev–Trinajstić information content (AvgIpc) is 3.10. The van der Waals surface area contributed by atoms with Crippen LogP contribution in [-0.4, -0.2) is 21.6 Å². The number of nitrogens with one attached hydrogen (secondary N) is 2. The number of anilines is 1. The Hall–Kier alpha value is -2.80. The number of hydrogen-bond donors (Lipinski definition) is 2. The van der Waals surface area contributed by atoms with Gasteiger partial charge in [-0.1, -0.05) is 42.5 Å². The number of hydrogen-bond acceptors (Lipinski definition) is 3. The predicted octanol–water partition coefficient (Wildman–Crippen LogP) is 4.43. The van der Waals surface area contributed by atoms with Crippen LogP contribution >= 0.6 is 11.8 Å². The van der Waals surface area contributed by atoms with E-state index in [9.17, 15) is 9.18 Å². The Morgan fingerprint density at radius 1 is 1.19 bits per heavy atom. The van der Waals surface area contributed by atoms with Gasteiger partial charge in [0.05, 0.1) is 12.6 Å². The van der Waals surface area contributed by atoms with E-state index in [1.54, 1.807) is 16.8 Å². The van der Waals surface area contributed by atoms with Gasteiger partial charge in [0.25, 0.3) is 0 Å². The largest absolute Gasteiger partial charge is 0.331 e. The van der Waals surface area contributed by atoms with E-state index in [4.69, 9.17) is 0 Å². The lowest BCUT2D eigenvalue weighted by Gasteiger charge is -2.26. The summed E-state index contributed by atoms with van der Waals surface area (Å²) in [5.41, 5.74) is 1.96. The molecule has 0 saturated heterocycles. The second-order valence-electron chi connectivity index (χ2n) is 6.33. The van der Waals surface area contributed by atoms with Crippen LogP contribution in [0.3, 0.4) is 0 Å². The molecule has 5 nitrogen and oxygen atoms in total. The number of benzene rings is 2. The summed E-state index contributed by atoms with van der Waals surface area (Å²) in [7, 11) is 0. The van der Waals surface area contributed by atoms with Crippen molar-refractivity contribution < 1.29 is 9.18 Å². The molecule has 1 aromatic heterocycles. The van der Waals surface area contributed by atoms with E-state index in [0.717, 1.165) is 23.3 Å². The molecule has 0 saturated carbocycles. The van der Waals surface area contributed by atoms with Gasteiger partial charge < -0.3 is 5.32 Å². The SMILES string of the molecule is O=C(Nc1ccn(Cc2ccccc2)n1)NC1CCSc2c(F)cccc21. The highest BCUT2D eigenvalue weighted by molar-refractivity contribution is 7.99. The number of urea groups is 1. The van der Waals surface area contributed by atoms with Crippen molar-refractivity contribution in [2.75, 3.05) is 11.1 Å². The summed E-state index contributed by atoms with van der Waals surface area (Å²) < 4.78 is 15.7. The molecule has 0 aliphatic carbocycles. The number of thioether (sulfide) groups is 1. The lowest BCUT2D eigenvalue weighted by atomic mass is 10.0. The van der Waals surface area contributed by atoms with Gasteiger partial charge in [0, 0.05) is 22.9 Å². The zero-order chi connectivity index (χ0) is 18.6. The summed E-state index contributed by atoms with van der Waals surface area (Å²) in [6.45, 7) is 0.636. The van der Waals surface area contributed by atoms with Crippen LogP contribution in [0, 0.1) is 5.82 Å². The van der Waals surface area contributed by atoms with Gasteiger partial charge >= 0.3 is 6.03 Å². The molecule has 7 heteroatoms. The third-order valence-corrected chi connectivity index (χ3v) is 5.56. The monoisotopic (exact) mass is 382 g/mol. The maximum Gasteiger partial charge on any atom is 0.320 e. The van der Waals surface area contributed by atoms with E-state index in [1.165, 1.54) is 17.8 Å². The van der Waals surface area contributed by atoms with Crippen LogP contribution in [0.2, 0.25) is 0 Å². The Bertz CT molecular complexity index is 944. The predicted molar refractivity (Wildman–Crippen MR) is 104 cm³/mol. The average molecular weight is 382 g/mol. The standard InChI is InChI=1S/C20H19FN4OS/c21-16-8-4-7-15-17(10-12-27-19(15)16)22-20(26)23-18-9-11-25(24-18)13-14-5-2-1-3-6-14/h1-9,11,17H,10,12-13H2,(H2,22,23,24,26). The highest BCUT2D eigenvalue weighted by atomic mass is 32.2. The number of nitrogens with zero attached hydrogens (tertiary/aromatic N) is 2. The fraction of sp³-hybridized carbons (Fsp3) is 0.200. The molecular formula is C20H19FN4OS. The van der Waals surface area contributed by atoms with Crippen molar-refractivity contribution in [1.29, 1.82) is 0 Å². The van der Waals surface area contributed by atoms with E-state index in [-0.39, 0.29) is 17.9 Å². The van der Waals surface area contributed by atoms with Crippen molar-refractivity contribution in [3.05, 3.63) is 77.7 Å². The fourth-order valence-electron chi connectivity index (χ4n) is 3.13. The van der Waals surface area contributed by atoms with Gasteiger partial charge in [0.2, 0.25) is 0 Å². The van der Waals surface area contributed by atoms with Crippen molar-refractivity contribution in [1.82, 2.24) is 15.1 Å². The van der Waals surface area contributed by atoms with Gasteiger partial charge in [-0.15, -0.1) is 11.8 Å². The van der Waals surface area contributed by atoms with Crippen molar-refractivity contribution >= 4 is 23.6 Å². The summed E-state index contributed by atoms with van der Waals surface area (Å²) in [6.07, 6.45) is 2.58. The number of carbonyl (C=O) groups excluding carboxylic acids is 1. The van der Waals surface area contributed by atoms with Crippen LogP contribution < -0.4 is 10.6 Å². The topological polar surface area (TPSA) is 59.0 Å². The second kappa shape index (κ2) is 7.84. The van der Waals surface area contributed by atoms with Gasteiger partial charge in [-0.25, -0.2) is 9.18 Å². The smallest absolute Gasteiger partial charge is 0.320 e. The third-order valence-electron chi connectivity index (χ3n) is 4.40. The van der Waals surface area contributed by atoms with Crippen LogP contribution in [-0.2, 0) is 6.54 Å². The van der Waals surface area contributed by atoms with Crippen LogP contribution in [0.1, 0.15) is 23.6 Å². The van der Waals surface area contributed by atoms with E-state index < -0.39 is 0 Å². The van der Waals surface area contributed by atoms with Crippen LogP contribution in [0.25, 0.3) is 0 Å². The fourth-order valence-corrected chi connectivity index (χ4v) is 4.27. The van der Waals surface area contributed by atoms with Crippen LogP contribution in [0.4, 0.5) is 15.0 Å². The first-order valence-corrected chi connectivity index (χ1v) is 9.74. The summed E-state index contributed by atoms with van der Waals surface area (Å²) in [5, 5.41) is 10.1. The summed E-state index contributed by atoms with van der Waals surface area (Å²) >= 11 is 1.49. The lowest BCUT2D eigenvalue weighted by molar-refractivity contribution is 0.248. The zero-order valence-electron chi connectivity index (χ0n) is 14.6. The molecule has 0 radical (unpaired) electrons. The molecule has 0 bridgehead atoms. The number of fused-ring (bicyclic) bond motifs is 1. The third kappa shape index (κ3) is 4.14. The van der Waals surface area contributed by atoms with Crippen LogP contribution in [0.15, 0.2) is 65.7 Å². The molecule has 1 aliphatic rings. The van der Waals surface area contributed by atoms with E-state index >= 15 is 0 Å². The van der Waals surface area contributed by atoms with Crippen molar-refractivity contribution in [3.63, 3.8) is 0 Å². The highest BCUT2D eigenvalue weighted by Gasteiger charge is 2.24. The maximum absolute atomic E-state index is 13.9. The molecule has 2 aromatic carbocycles. The molecular weight excluding hydrogens is 363 g/mol. The molecule has 2 amide bonds. The Morgan fingerprint density at radius 2 is 2.04 bits per heavy atom. The molecule has 1 unspecified atom stereocenters. The normalized spacial score (nSPS) is 15.8. The molecule has 2 N–H and O–H groups in total. The minimum absolute atomic E-state index is 0.205. The summed E-state index contributed by atoms with van der Waals surface area (Å²) in [4.78, 5) is 13.0. The second-order valence-corrected chi connectivity index (χ2v) is 7.44. The highest BCUT2D eigenvalue weighted by Crippen LogP contribution is 2.37. The number of halogens is 1. The van der Waals surface area contributed by atoms with E-state index in [0.29, 0.717) is 17.3 Å². The van der Waals surface area contributed by atoms with Crippen LogP contribution in [0.5, 0.6) is 0 Å². The summed E-state index contributed by atoms with van der Waals surface area (Å²) in [5.74, 6) is 1.02. The zero-order valence-corrected chi connectivity index (χ0v) is 15.4. The van der Waals surface area contributed by atoms with Gasteiger partial charge in [-0.05, 0) is 23.6 Å². The van der Waals surface area contributed by atoms with E-state index in [1.807, 2.05) is 42.6 Å². The lowest BCUT2D eigenvalue weighted by Crippen LogP contribution is -2.34. The molecule has 1 aliphatic heterocycles. The van der Waals surface area contributed by atoms with E-state index in [2.05, 4.69) is 15.7 Å². The molecule has 4 rings (SSSR count). The molecule has 0 spiro atoms. The minimum Gasteiger partial charge on any atom is -0.331 e. The first kappa shape index (κ1) is 17.6. The van der Waals surface area contributed by atoms with Crippen molar-refractivity contribution in [3.8, 4) is 0 Å². The molecule has 3 aromatic rings. The van der Waals surface area contributed by atoms with Gasteiger partial charge in [-0.2, -0.15) is 5.10 Å². The molecule has 138 valence electrons. The number of amides is 2. The quantitative estimate of drug-likeness (QED) is 0.702. The molecule has 2 heterocycles. The number of rotatable bonds is 4. The van der Waals surface area contributed by atoms with Gasteiger partial charge in [0.15, 0.2) is 5.82 Å².